The van der Waals surface area contributed by atoms with E-state index in [4.69, 9.17) is 9.47 Å². The number of rotatable bonds is 8. The summed E-state index contributed by atoms with van der Waals surface area (Å²) in [6, 6.07) is 9.33. The second kappa shape index (κ2) is 9.62. The third-order valence-electron chi connectivity index (χ3n) is 5.03. The van der Waals surface area contributed by atoms with E-state index in [-0.39, 0.29) is 25.7 Å². The molecule has 9 heteroatoms. The summed E-state index contributed by atoms with van der Waals surface area (Å²) >= 11 is 1.45. The van der Waals surface area contributed by atoms with Crippen LogP contribution in [-0.4, -0.2) is 54.7 Å². The lowest BCUT2D eigenvalue weighted by atomic mass is 10.2. The fourth-order valence-electron chi connectivity index (χ4n) is 3.29. The maximum atomic E-state index is 13.6. The van der Waals surface area contributed by atoms with Crippen LogP contribution in [0.1, 0.15) is 11.3 Å². The molecule has 0 radical (unpaired) electrons. The minimum absolute atomic E-state index is 0.123. The Bertz CT molecular complexity index is 1120. The van der Waals surface area contributed by atoms with Gasteiger partial charge in [-0.1, -0.05) is 6.07 Å². The number of thiazole rings is 1. The van der Waals surface area contributed by atoms with Gasteiger partial charge >= 0.3 is 0 Å². The molecule has 32 heavy (non-hydrogen) atoms. The average molecular weight is 460 g/mol. The zero-order valence-electron chi connectivity index (χ0n) is 17.8. The molecule has 6 nitrogen and oxygen atoms in total. The van der Waals surface area contributed by atoms with Crippen molar-refractivity contribution < 1.29 is 23.0 Å². The first-order valence-electron chi connectivity index (χ1n) is 10.1. The summed E-state index contributed by atoms with van der Waals surface area (Å²) in [5.41, 5.74) is 2.09. The van der Waals surface area contributed by atoms with Gasteiger partial charge in [-0.3, -0.25) is 4.79 Å². The van der Waals surface area contributed by atoms with E-state index >= 15 is 0 Å². The quantitative estimate of drug-likeness (QED) is 0.511. The Morgan fingerprint density at radius 1 is 1.06 bits per heavy atom. The summed E-state index contributed by atoms with van der Waals surface area (Å²) < 4.78 is 37.7. The summed E-state index contributed by atoms with van der Waals surface area (Å²) in [6.07, 6.45) is 0.123. The predicted octanol–water partition coefficient (Wildman–Crippen LogP) is 3.95. The molecule has 0 saturated carbocycles. The zero-order valence-corrected chi connectivity index (χ0v) is 18.6. The van der Waals surface area contributed by atoms with Crippen LogP contribution in [0.4, 0.5) is 8.78 Å². The maximum absolute atomic E-state index is 13.6. The van der Waals surface area contributed by atoms with Gasteiger partial charge in [-0.15, -0.1) is 11.3 Å². The number of nitrogens with zero attached hydrogens (tertiary/aromatic N) is 3. The molecule has 0 aliphatic carbocycles. The van der Waals surface area contributed by atoms with Crippen LogP contribution < -0.4 is 9.47 Å². The van der Waals surface area contributed by atoms with Crippen molar-refractivity contribution in [2.75, 3.05) is 34.0 Å². The molecule has 3 aromatic rings. The highest BCUT2D eigenvalue weighted by atomic mass is 32.1. The summed E-state index contributed by atoms with van der Waals surface area (Å²) in [7, 11) is 3.83. The number of hydrogen-bond donors (Lipinski definition) is 0. The normalized spacial score (nSPS) is 12.4. The standard InChI is InChI=1S/C23H23F2N3O3S/c1-27(2)7-8-28(12-15-3-5-18(24)19(25)9-15)22(29)11-17-13-32-23(26-17)16-4-6-20-21(10-16)31-14-30-20/h3-6,9-10,13H,7-8,11-12,14H2,1-2H3. The molecule has 2 aromatic carbocycles. The van der Waals surface area contributed by atoms with E-state index in [1.807, 2.05) is 42.6 Å². The monoisotopic (exact) mass is 459 g/mol. The molecule has 0 bridgehead atoms. The zero-order chi connectivity index (χ0) is 22.7. The molecule has 0 N–H and O–H groups in total. The molecule has 0 unspecified atom stereocenters. The topological polar surface area (TPSA) is 54.9 Å². The van der Waals surface area contributed by atoms with Crippen molar-refractivity contribution in [3.05, 3.63) is 64.7 Å². The summed E-state index contributed by atoms with van der Waals surface area (Å²) in [6.45, 7) is 1.51. The van der Waals surface area contributed by atoms with Gasteiger partial charge in [0.25, 0.3) is 0 Å². The van der Waals surface area contributed by atoms with E-state index in [1.54, 1.807) is 4.90 Å². The van der Waals surface area contributed by atoms with Crippen molar-refractivity contribution in [3.8, 4) is 22.1 Å². The molecule has 1 aliphatic rings. The molecule has 1 aromatic heterocycles. The van der Waals surface area contributed by atoms with Gasteiger partial charge in [-0.2, -0.15) is 0 Å². The minimum atomic E-state index is -0.921. The van der Waals surface area contributed by atoms with E-state index in [0.717, 1.165) is 22.7 Å². The maximum Gasteiger partial charge on any atom is 0.231 e. The van der Waals surface area contributed by atoms with E-state index < -0.39 is 11.6 Å². The number of carbonyl (C=O) groups is 1. The molecule has 0 atom stereocenters. The van der Waals surface area contributed by atoms with Gasteiger partial charge in [-0.25, -0.2) is 13.8 Å². The van der Waals surface area contributed by atoms with Crippen molar-refractivity contribution in [3.63, 3.8) is 0 Å². The fourth-order valence-corrected chi connectivity index (χ4v) is 4.10. The average Bonchev–Trinajstić information content (AvgIpc) is 3.42. The van der Waals surface area contributed by atoms with Crippen LogP contribution in [0.15, 0.2) is 41.8 Å². The van der Waals surface area contributed by atoms with Crippen LogP contribution in [0.2, 0.25) is 0 Å². The van der Waals surface area contributed by atoms with E-state index in [9.17, 15) is 13.6 Å². The Morgan fingerprint density at radius 2 is 1.88 bits per heavy atom. The number of ether oxygens (including phenoxy) is 2. The van der Waals surface area contributed by atoms with Crippen molar-refractivity contribution in [1.82, 2.24) is 14.8 Å². The van der Waals surface area contributed by atoms with Crippen molar-refractivity contribution in [1.29, 1.82) is 0 Å². The molecule has 0 fully saturated rings. The lowest BCUT2D eigenvalue weighted by Crippen LogP contribution is -2.37. The predicted molar refractivity (Wildman–Crippen MR) is 118 cm³/mol. The number of hydrogen-bond acceptors (Lipinski definition) is 6. The highest BCUT2D eigenvalue weighted by Crippen LogP contribution is 2.36. The van der Waals surface area contributed by atoms with Gasteiger partial charge in [0.15, 0.2) is 23.1 Å². The van der Waals surface area contributed by atoms with Crippen LogP contribution in [0.3, 0.4) is 0 Å². The Balaban J connectivity index is 1.47. The molecule has 1 amide bonds. The van der Waals surface area contributed by atoms with Gasteiger partial charge in [0.05, 0.1) is 12.1 Å². The summed E-state index contributed by atoms with van der Waals surface area (Å²) in [4.78, 5) is 21.3. The Morgan fingerprint density at radius 3 is 2.66 bits per heavy atom. The minimum Gasteiger partial charge on any atom is -0.454 e. The first-order valence-corrected chi connectivity index (χ1v) is 11.0. The van der Waals surface area contributed by atoms with Gasteiger partial charge < -0.3 is 19.3 Å². The largest absolute Gasteiger partial charge is 0.454 e. The van der Waals surface area contributed by atoms with Crippen LogP contribution in [0, 0.1) is 11.6 Å². The molecule has 0 spiro atoms. The lowest BCUT2D eigenvalue weighted by molar-refractivity contribution is -0.131. The Hall–Kier alpha value is -3.04. The Kier molecular flexibility index (Phi) is 6.66. The summed E-state index contributed by atoms with van der Waals surface area (Å²) in [5, 5.41) is 2.64. The highest BCUT2D eigenvalue weighted by molar-refractivity contribution is 7.13. The number of likely N-dealkylation sites (N-methyl/N-ethyl adjacent to an activating group) is 1. The molecule has 2 heterocycles. The van der Waals surface area contributed by atoms with Gasteiger partial charge in [0.1, 0.15) is 5.01 Å². The third kappa shape index (κ3) is 5.23. The van der Waals surface area contributed by atoms with Crippen molar-refractivity contribution in [2.24, 2.45) is 0 Å². The second-order valence-electron chi connectivity index (χ2n) is 7.76. The van der Waals surface area contributed by atoms with E-state index in [0.29, 0.717) is 35.8 Å². The second-order valence-corrected chi connectivity index (χ2v) is 8.61. The van der Waals surface area contributed by atoms with Crippen LogP contribution in [0.5, 0.6) is 11.5 Å². The number of benzene rings is 2. The molecular formula is C23H23F2N3O3S. The van der Waals surface area contributed by atoms with Gasteiger partial charge in [0, 0.05) is 30.6 Å². The number of amides is 1. The molecule has 1 aliphatic heterocycles. The SMILES string of the molecule is CN(C)CCN(Cc1ccc(F)c(F)c1)C(=O)Cc1csc(-c2ccc3c(c2)OCO3)n1. The first kappa shape index (κ1) is 22.2. The van der Waals surface area contributed by atoms with Gasteiger partial charge in [-0.05, 0) is 50.0 Å². The number of carbonyl (C=O) groups excluding carboxylic acids is 1. The lowest BCUT2D eigenvalue weighted by Gasteiger charge is -2.24. The number of aromatic nitrogens is 1. The van der Waals surface area contributed by atoms with E-state index in [2.05, 4.69) is 4.98 Å². The molecule has 0 saturated heterocycles. The molecular weight excluding hydrogens is 436 g/mol. The Labute approximate surface area is 189 Å². The van der Waals surface area contributed by atoms with Crippen LogP contribution in [-0.2, 0) is 17.8 Å². The smallest absolute Gasteiger partial charge is 0.231 e. The third-order valence-corrected chi connectivity index (χ3v) is 5.97. The summed E-state index contributed by atoms with van der Waals surface area (Å²) in [5.74, 6) is -0.570. The van der Waals surface area contributed by atoms with Crippen molar-refractivity contribution >= 4 is 17.2 Å². The molecule has 168 valence electrons. The van der Waals surface area contributed by atoms with Gasteiger partial charge in [0.2, 0.25) is 12.7 Å². The fraction of sp³-hybridized carbons (Fsp3) is 0.304. The number of fused-ring (bicyclic) bond motifs is 1. The number of halogens is 2. The van der Waals surface area contributed by atoms with Crippen LogP contribution in [0.25, 0.3) is 10.6 Å². The first-order chi connectivity index (χ1) is 15.4. The highest BCUT2D eigenvalue weighted by Gasteiger charge is 2.19. The van der Waals surface area contributed by atoms with Crippen molar-refractivity contribution in [2.45, 2.75) is 13.0 Å². The van der Waals surface area contributed by atoms with E-state index in [1.165, 1.54) is 17.4 Å². The molecule has 4 rings (SSSR count). The van der Waals surface area contributed by atoms with Crippen LogP contribution >= 0.6 is 11.3 Å².